The van der Waals surface area contributed by atoms with E-state index in [4.69, 9.17) is 0 Å². The van der Waals surface area contributed by atoms with Crippen LogP contribution in [-0.2, 0) is 17.1 Å². The maximum atomic E-state index is 12.1. The molecule has 5 nitrogen and oxygen atoms in total. The lowest BCUT2D eigenvalue weighted by Gasteiger charge is -2.12. The summed E-state index contributed by atoms with van der Waals surface area (Å²) >= 11 is 0. The van der Waals surface area contributed by atoms with Crippen molar-refractivity contribution >= 4 is 10.0 Å². The topological polar surface area (TPSA) is 64.0 Å². The third-order valence-electron chi connectivity index (χ3n) is 3.38. The molecule has 0 saturated heterocycles. The smallest absolute Gasteiger partial charge is 0.243 e. The largest absolute Gasteiger partial charge is 0.274 e. The van der Waals surface area contributed by atoms with Crippen molar-refractivity contribution in [2.45, 2.75) is 43.9 Å². The van der Waals surface area contributed by atoms with Gasteiger partial charge in [0.05, 0.1) is 5.69 Å². The number of hydrogen-bond donors (Lipinski definition) is 1. The molecule has 1 aromatic heterocycles. The molecule has 0 atom stereocenters. The van der Waals surface area contributed by atoms with Crippen molar-refractivity contribution < 1.29 is 8.42 Å². The molecule has 1 aromatic rings. The molecule has 19 heavy (non-hydrogen) atoms. The molecule has 2 rings (SSSR count). The molecule has 0 unspecified atom stereocenters. The van der Waals surface area contributed by atoms with Crippen LogP contribution in [-0.4, -0.2) is 24.7 Å². The lowest BCUT2D eigenvalue weighted by molar-refractivity contribution is 0.578. The average Bonchev–Trinajstić information content (AvgIpc) is 2.70. The molecule has 1 N–H and O–H groups in total. The zero-order valence-corrected chi connectivity index (χ0v) is 12.3. The second-order valence-electron chi connectivity index (χ2n) is 5.01. The van der Waals surface area contributed by atoms with E-state index in [9.17, 15) is 8.42 Å². The molecule has 0 amide bonds. The van der Waals surface area contributed by atoms with E-state index in [0.29, 0.717) is 12.2 Å². The van der Waals surface area contributed by atoms with Gasteiger partial charge >= 0.3 is 0 Å². The van der Waals surface area contributed by atoms with E-state index in [2.05, 4.69) is 15.9 Å². The quantitative estimate of drug-likeness (QED) is 0.839. The van der Waals surface area contributed by atoms with Gasteiger partial charge < -0.3 is 0 Å². The Bertz CT molecular complexity index is 573. The fourth-order valence-corrected chi connectivity index (χ4v) is 3.64. The van der Waals surface area contributed by atoms with Crippen molar-refractivity contribution in [2.24, 2.45) is 7.05 Å². The molecule has 106 valence electrons. The van der Waals surface area contributed by atoms with Gasteiger partial charge in [-0.1, -0.05) is 11.6 Å². The average molecular weight is 283 g/mol. The molecule has 0 spiro atoms. The first-order valence-corrected chi connectivity index (χ1v) is 8.15. The molecule has 0 bridgehead atoms. The monoisotopic (exact) mass is 283 g/mol. The third kappa shape index (κ3) is 3.67. The van der Waals surface area contributed by atoms with Crippen molar-refractivity contribution in [3.05, 3.63) is 23.5 Å². The molecule has 1 heterocycles. The Kier molecular flexibility index (Phi) is 4.42. The minimum atomic E-state index is -3.43. The van der Waals surface area contributed by atoms with Gasteiger partial charge in [0.15, 0.2) is 0 Å². The predicted molar refractivity (Wildman–Crippen MR) is 74.3 cm³/mol. The van der Waals surface area contributed by atoms with Gasteiger partial charge in [-0.05, 0) is 39.0 Å². The van der Waals surface area contributed by atoms with Crippen LogP contribution < -0.4 is 4.72 Å². The summed E-state index contributed by atoms with van der Waals surface area (Å²) in [7, 11) is -1.71. The minimum absolute atomic E-state index is 0.271. The lowest BCUT2D eigenvalue weighted by atomic mass is 9.97. The zero-order chi connectivity index (χ0) is 13.9. The van der Waals surface area contributed by atoms with Gasteiger partial charge in [0.25, 0.3) is 0 Å². The fourth-order valence-electron chi connectivity index (χ4n) is 2.40. The molecule has 1 aliphatic rings. The van der Waals surface area contributed by atoms with Crippen LogP contribution in [0.25, 0.3) is 0 Å². The van der Waals surface area contributed by atoms with Crippen molar-refractivity contribution in [2.75, 3.05) is 6.54 Å². The van der Waals surface area contributed by atoms with Crippen molar-refractivity contribution in [1.82, 2.24) is 14.5 Å². The molecule has 0 saturated carbocycles. The lowest BCUT2D eigenvalue weighted by Crippen LogP contribution is -2.25. The van der Waals surface area contributed by atoms with Crippen LogP contribution in [0.1, 0.15) is 37.8 Å². The third-order valence-corrected chi connectivity index (χ3v) is 4.95. The second kappa shape index (κ2) is 5.88. The van der Waals surface area contributed by atoms with Crippen LogP contribution in [0.15, 0.2) is 22.7 Å². The number of aryl methyl sites for hydroxylation is 2. The molecular formula is C13H21N3O2S. The second-order valence-corrected chi connectivity index (χ2v) is 6.74. The highest BCUT2D eigenvalue weighted by Crippen LogP contribution is 2.20. The number of rotatable bonds is 5. The van der Waals surface area contributed by atoms with E-state index in [1.165, 1.54) is 29.3 Å². The normalized spacial score (nSPS) is 16.4. The van der Waals surface area contributed by atoms with E-state index >= 15 is 0 Å². The van der Waals surface area contributed by atoms with Crippen LogP contribution in [0, 0.1) is 6.92 Å². The molecule has 6 heteroatoms. The summed E-state index contributed by atoms with van der Waals surface area (Å²) in [6.45, 7) is 2.17. The summed E-state index contributed by atoms with van der Waals surface area (Å²) in [5.41, 5.74) is 1.91. The Morgan fingerprint density at radius 3 is 2.79 bits per heavy atom. The number of hydrogen-bond acceptors (Lipinski definition) is 3. The zero-order valence-electron chi connectivity index (χ0n) is 11.5. The summed E-state index contributed by atoms with van der Waals surface area (Å²) < 4.78 is 28.4. The Morgan fingerprint density at radius 2 is 2.21 bits per heavy atom. The van der Waals surface area contributed by atoms with Gasteiger partial charge in [0.2, 0.25) is 10.0 Å². The Balaban J connectivity index is 1.94. The molecule has 1 aliphatic carbocycles. The van der Waals surface area contributed by atoms with Crippen LogP contribution in [0.2, 0.25) is 0 Å². The van der Waals surface area contributed by atoms with Gasteiger partial charge in [-0.15, -0.1) is 0 Å². The number of nitrogens with zero attached hydrogens (tertiary/aromatic N) is 2. The number of sulfonamides is 1. The highest BCUT2D eigenvalue weighted by Gasteiger charge is 2.19. The van der Waals surface area contributed by atoms with Crippen LogP contribution in [0.4, 0.5) is 0 Å². The Labute approximate surface area is 114 Å². The van der Waals surface area contributed by atoms with E-state index < -0.39 is 10.0 Å². The SMILES string of the molecule is Cc1nn(C)cc1S(=O)(=O)NCCC1=CCCCC1. The van der Waals surface area contributed by atoms with Crippen molar-refractivity contribution in [3.63, 3.8) is 0 Å². The number of allylic oxidation sites excluding steroid dienone is 1. The van der Waals surface area contributed by atoms with E-state index in [1.807, 2.05) is 0 Å². The van der Waals surface area contributed by atoms with Crippen LogP contribution >= 0.6 is 0 Å². The first-order chi connectivity index (χ1) is 8.99. The van der Waals surface area contributed by atoms with E-state index in [0.717, 1.165) is 19.3 Å². The minimum Gasteiger partial charge on any atom is -0.274 e. The van der Waals surface area contributed by atoms with E-state index in [-0.39, 0.29) is 4.90 Å². The van der Waals surface area contributed by atoms with Gasteiger partial charge in [0, 0.05) is 19.8 Å². The number of nitrogens with one attached hydrogen (secondary N) is 1. The standard InChI is InChI=1S/C13H21N3O2S/c1-11-13(10-16(2)15-11)19(17,18)14-9-8-12-6-4-3-5-7-12/h6,10,14H,3-5,7-9H2,1-2H3. The first kappa shape index (κ1) is 14.3. The van der Waals surface area contributed by atoms with E-state index in [1.54, 1.807) is 14.0 Å². The fraction of sp³-hybridized carbons (Fsp3) is 0.615. The Hall–Kier alpha value is -1.14. The highest BCUT2D eigenvalue weighted by molar-refractivity contribution is 7.89. The molecule has 0 aliphatic heterocycles. The van der Waals surface area contributed by atoms with Gasteiger partial charge in [-0.25, -0.2) is 13.1 Å². The summed E-state index contributed by atoms with van der Waals surface area (Å²) in [4.78, 5) is 0.271. The van der Waals surface area contributed by atoms with Gasteiger partial charge in [0.1, 0.15) is 4.90 Å². The maximum Gasteiger partial charge on any atom is 0.243 e. The molecule has 0 radical (unpaired) electrons. The molecule has 0 fully saturated rings. The number of aromatic nitrogens is 2. The summed E-state index contributed by atoms with van der Waals surface area (Å²) in [6.07, 6.45) is 9.30. The van der Waals surface area contributed by atoms with Crippen LogP contribution in [0.5, 0.6) is 0 Å². The van der Waals surface area contributed by atoms with Crippen molar-refractivity contribution in [1.29, 1.82) is 0 Å². The summed E-state index contributed by atoms with van der Waals surface area (Å²) in [6, 6.07) is 0. The molecular weight excluding hydrogens is 262 g/mol. The molecule has 0 aromatic carbocycles. The van der Waals surface area contributed by atoms with Gasteiger partial charge in [-0.2, -0.15) is 5.10 Å². The van der Waals surface area contributed by atoms with Gasteiger partial charge in [-0.3, -0.25) is 4.68 Å². The maximum absolute atomic E-state index is 12.1. The van der Waals surface area contributed by atoms with Crippen molar-refractivity contribution in [3.8, 4) is 0 Å². The highest BCUT2D eigenvalue weighted by atomic mass is 32.2. The Morgan fingerprint density at radius 1 is 1.42 bits per heavy atom. The summed E-state index contributed by atoms with van der Waals surface area (Å²) in [5.74, 6) is 0. The predicted octanol–water partition coefficient (Wildman–Crippen LogP) is 1.90. The van der Waals surface area contributed by atoms with Crippen LogP contribution in [0.3, 0.4) is 0 Å². The summed E-state index contributed by atoms with van der Waals surface area (Å²) in [5, 5.41) is 4.06. The first-order valence-electron chi connectivity index (χ1n) is 6.67.